The molecule has 0 unspecified atom stereocenters. The molecule has 0 saturated carbocycles. The number of hydrogen-bond donors (Lipinski definition) is 0. The molecule has 0 aliphatic carbocycles. The second kappa shape index (κ2) is 4.09. The van der Waals surface area contributed by atoms with Gasteiger partial charge in [-0.3, -0.25) is 4.79 Å². The number of hydrogen-bond acceptors (Lipinski definition) is 2. The van der Waals surface area contributed by atoms with Crippen molar-refractivity contribution in [1.29, 1.82) is 0 Å². The zero-order chi connectivity index (χ0) is 10.7. The summed E-state index contributed by atoms with van der Waals surface area (Å²) in [4.78, 5) is 11.4. The van der Waals surface area contributed by atoms with Crippen LogP contribution in [0.2, 0.25) is 0 Å². The van der Waals surface area contributed by atoms with E-state index in [1.807, 2.05) is 13.8 Å². The van der Waals surface area contributed by atoms with E-state index in [1.54, 1.807) is 19.2 Å². The Morgan fingerprint density at radius 3 is 2.50 bits per heavy atom. The van der Waals surface area contributed by atoms with Crippen molar-refractivity contribution in [3.8, 4) is 5.75 Å². The molecule has 2 heteroatoms. The van der Waals surface area contributed by atoms with Gasteiger partial charge in [-0.1, -0.05) is 6.58 Å². The van der Waals surface area contributed by atoms with Crippen molar-refractivity contribution in [1.82, 2.24) is 0 Å². The van der Waals surface area contributed by atoms with E-state index < -0.39 is 0 Å². The molecule has 0 aromatic heterocycles. The van der Waals surface area contributed by atoms with Crippen LogP contribution in [0.4, 0.5) is 0 Å². The number of ketones is 1. The SMILES string of the molecule is C=CC(=O)c1ccc(OC)c(C)c1C. The topological polar surface area (TPSA) is 26.3 Å². The van der Waals surface area contributed by atoms with Crippen LogP contribution >= 0.6 is 0 Å². The van der Waals surface area contributed by atoms with Crippen molar-refractivity contribution in [3.05, 3.63) is 41.5 Å². The molecule has 0 fully saturated rings. The lowest BCUT2D eigenvalue weighted by Crippen LogP contribution is -2.00. The Labute approximate surface area is 84.2 Å². The zero-order valence-electron chi connectivity index (χ0n) is 8.76. The molecule has 0 saturated heterocycles. The fourth-order valence-corrected chi connectivity index (χ4v) is 1.39. The van der Waals surface area contributed by atoms with Crippen LogP contribution in [0.1, 0.15) is 21.5 Å². The van der Waals surface area contributed by atoms with Crippen LogP contribution in [0.25, 0.3) is 0 Å². The van der Waals surface area contributed by atoms with Gasteiger partial charge in [-0.05, 0) is 43.2 Å². The second-order valence-corrected chi connectivity index (χ2v) is 3.13. The minimum Gasteiger partial charge on any atom is -0.496 e. The first-order valence-corrected chi connectivity index (χ1v) is 4.42. The average Bonchev–Trinajstić information content (AvgIpc) is 2.21. The number of carbonyl (C=O) groups excluding carboxylic acids is 1. The van der Waals surface area contributed by atoms with Gasteiger partial charge < -0.3 is 4.74 Å². The summed E-state index contributed by atoms with van der Waals surface area (Å²) in [5.41, 5.74) is 2.65. The van der Waals surface area contributed by atoms with Crippen LogP contribution in [0.3, 0.4) is 0 Å². The van der Waals surface area contributed by atoms with E-state index in [0.717, 1.165) is 16.9 Å². The maximum atomic E-state index is 11.4. The molecule has 0 amide bonds. The summed E-state index contributed by atoms with van der Waals surface area (Å²) < 4.78 is 5.16. The molecule has 1 aromatic carbocycles. The standard InChI is InChI=1S/C12H14O2/c1-5-11(13)10-6-7-12(14-4)9(3)8(10)2/h5-7H,1H2,2-4H3. The molecule has 0 radical (unpaired) electrons. The third-order valence-electron chi connectivity index (χ3n) is 2.41. The quantitative estimate of drug-likeness (QED) is 0.541. The van der Waals surface area contributed by atoms with Gasteiger partial charge in [0.05, 0.1) is 7.11 Å². The van der Waals surface area contributed by atoms with Gasteiger partial charge >= 0.3 is 0 Å². The predicted molar refractivity (Wildman–Crippen MR) is 57.0 cm³/mol. The van der Waals surface area contributed by atoms with Gasteiger partial charge in [-0.15, -0.1) is 0 Å². The van der Waals surface area contributed by atoms with Crippen LogP contribution in [0.5, 0.6) is 5.75 Å². The van der Waals surface area contributed by atoms with Gasteiger partial charge in [0.25, 0.3) is 0 Å². The van der Waals surface area contributed by atoms with Crippen LogP contribution in [0.15, 0.2) is 24.8 Å². The molecule has 0 heterocycles. The fourth-order valence-electron chi connectivity index (χ4n) is 1.39. The molecule has 0 aliphatic rings. The molecule has 0 spiro atoms. The molecule has 0 aliphatic heterocycles. The third kappa shape index (κ3) is 1.69. The van der Waals surface area contributed by atoms with E-state index >= 15 is 0 Å². The maximum Gasteiger partial charge on any atom is 0.185 e. The molecule has 1 aromatic rings. The van der Waals surface area contributed by atoms with Crippen LogP contribution in [0, 0.1) is 13.8 Å². The van der Waals surface area contributed by atoms with Crippen molar-refractivity contribution in [2.45, 2.75) is 13.8 Å². The van der Waals surface area contributed by atoms with Gasteiger partial charge in [0.2, 0.25) is 0 Å². The lowest BCUT2D eigenvalue weighted by Gasteiger charge is -2.10. The third-order valence-corrected chi connectivity index (χ3v) is 2.41. The molecule has 0 bridgehead atoms. The summed E-state index contributed by atoms with van der Waals surface area (Å²) in [6.07, 6.45) is 1.33. The first kappa shape index (κ1) is 10.5. The van der Waals surface area contributed by atoms with E-state index in [0.29, 0.717) is 5.56 Å². The lowest BCUT2D eigenvalue weighted by molar-refractivity contribution is 0.104. The Morgan fingerprint density at radius 2 is 2.00 bits per heavy atom. The van der Waals surface area contributed by atoms with Gasteiger partial charge in [-0.2, -0.15) is 0 Å². The highest BCUT2D eigenvalue weighted by atomic mass is 16.5. The molecule has 14 heavy (non-hydrogen) atoms. The Balaban J connectivity index is 3.30. The predicted octanol–water partition coefficient (Wildman–Crippen LogP) is 2.68. The van der Waals surface area contributed by atoms with Crippen LogP contribution < -0.4 is 4.74 Å². The number of methoxy groups -OCH3 is 1. The summed E-state index contributed by atoms with van der Waals surface area (Å²) in [6.45, 7) is 7.32. The summed E-state index contributed by atoms with van der Waals surface area (Å²) in [5, 5.41) is 0. The van der Waals surface area contributed by atoms with Crippen molar-refractivity contribution in [3.63, 3.8) is 0 Å². The highest BCUT2D eigenvalue weighted by molar-refractivity contribution is 6.05. The van der Waals surface area contributed by atoms with Gasteiger partial charge in [0, 0.05) is 5.56 Å². The Kier molecular flexibility index (Phi) is 3.07. The first-order valence-electron chi connectivity index (χ1n) is 4.42. The van der Waals surface area contributed by atoms with Crippen molar-refractivity contribution >= 4 is 5.78 Å². The van der Waals surface area contributed by atoms with Crippen molar-refractivity contribution in [2.24, 2.45) is 0 Å². The highest BCUT2D eigenvalue weighted by Gasteiger charge is 2.10. The maximum absolute atomic E-state index is 11.4. The molecule has 0 N–H and O–H groups in total. The lowest BCUT2D eigenvalue weighted by atomic mass is 9.99. The van der Waals surface area contributed by atoms with Gasteiger partial charge in [0.15, 0.2) is 5.78 Å². The van der Waals surface area contributed by atoms with E-state index in [4.69, 9.17) is 4.74 Å². The summed E-state index contributed by atoms with van der Waals surface area (Å²) >= 11 is 0. The molecule has 2 nitrogen and oxygen atoms in total. The molecule has 74 valence electrons. The molecular formula is C12H14O2. The van der Waals surface area contributed by atoms with E-state index in [-0.39, 0.29) is 5.78 Å². The highest BCUT2D eigenvalue weighted by Crippen LogP contribution is 2.24. The minimum absolute atomic E-state index is 0.0479. The summed E-state index contributed by atoms with van der Waals surface area (Å²) in [6, 6.07) is 3.57. The zero-order valence-corrected chi connectivity index (χ0v) is 8.76. The Bertz CT molecular complexity index is 378. The van der Waals surface area contributed by atoms with E-state index in [9.17, 15) is 4.79 Å². The smallest absolute Gasteiger partial charge is 0.185 e. The van der Waals surface area contributed by atoms with Crippen LogP contribution in [-0.4, -0.2) is 12.9 Å². The average molecular weight is 190 g/mol. The number of carbonyl (C=O) groups is 1. The summed E-state index contributed by atoms with van der Waals surface area (Å²) in [5.74, 6) is 0.761. The second-order valence-electron chi connectivity index (χ2n) is 3.13. The summed E-state index contributed by atoms with van der Waals surface area (Å²) in [7, 11) is 1.62. The molecule has 1 rings (SSSR count). The number of allylic oxidation sites excluding steroid dienone is 1. The van der Waals surface area contributed by atoms with Crippen LogP contribution in [-0.2, 0) is 0 Å². The van der Waals surface area contributed by atoms with E-state index in [2.05, 4.69) is 6.58 Å². The molecule has 0 atom stereocenters. The minimum atomic E-state index is -0.0479. The first-order chi connectivity index (χ1) is 6.61. The number of rotatable bonds is 3. The Morgan fingerprint density at radius 1 is 1.36 bits per heavy atom. The normalized spacial score (nSPS) is 9.64. The number of benzene rings is 1. The van der Waals surface area contributed by atoms with Crippen molar-refractivity contribution < 1.29 is 9.53 Å². The van der Waals surface area contributed by atoms with Crippen molar-refractivity contribution in [2.75, 3.05) is 7.11 Å². The Hall–Kier alpha value is -1.57. The van der Waals surface area contributed by atoms with Gasteiger partial charge in [0.1, 0.15) is 5.75 Å². The van der Waals surface area contributed by atoms with Gasteiger partial charge in [-0.25, -0.2) is 0 Å². The monoisotopic (exact) mass is 190 g/mol. The fraction of sp³-hybridized carbons (Fsp3) is 0.250. The largest absolute Gasteiger partial charge is 0.496 e. The van der Waals surface area contributed by atoms with E-state index in [1.165, 1.54) is 6.08 Å². The number of ether oxygens (including phenoxy) is 1. The molecular weight excluding hydrogens is 176 g/mol.